The van der Waals surface area contributed by atoms with Crippen LogP contribution in [0.2, 0.25) is 0 Å². The molecule has 28 heavy (non-hydrogen) atoms. The number of halogens is 2. The predicted molar refractivity (Wildman–Crippen MR) is 97.6 cm³/mol. The van der Waals surface area contributed by atoms with E-state index in [4.69, 9.17) is 4.74 Å². The number of amides is 2. The molecular formula is C21H20F2N2O3. The molecule has 2 aromatic carbocycles. The Balaban J connectivity index is 1.45. The number of nitrogens with one attached hydrogen (secondary N) is 1. The van der Waals surface area contributed by atoms with Crippen molar-refractivity contribution in [3.05, 3.63) is 70.8 Å². The van der Waals surface area contributed by atoms with Crippen LogP contribution in [-0.2, 0) is 16.1 Å². The number of esters is 1. The summed E-state index contributed by atoms with van der Waals surface area (Å²) in [5.41, 5.74) is 2.18. The van der Waals surface area contributed by atoms with E-state index in [0.717, 1.165) is 17.2 Å². The van der Waals surface area contributed by atoms with E-state index in [1.807, 2.05) is 24.3 Å². The molecule has 0 bridgehead atoms. The van der Waals surface area contributed by atoms with Crippen LogP contribution < -0.4 is 5.32 Å². The van der Waals surface area contributed by atoms with Crippen LogP contribution >= 0.6 is 0 Å². The first-order valence-corrected chi connectivity index (χ1v) is 9.14. The topological polar surface area (TPSA) is 58.6 Å². The number of carbonyl (C=O) groups excluding carboxylic acids is 2. The Morgan fingerprint density at radius 2 is 1.93 bits per heavy atom. The first-order chi connectivity index (χ1) is 13.5. The minimum Gasteiger partial charge on any atom is -0.468 e. The fourth-order valence-corrected chi connectivity index (χ4v) is 3.86. The zero-order chi connectivity index (χ0) is 19.8. The number of methoxy groups -OCH3 is 1. The van der Waals surface area contributed by atoms with Crippen molar-refractivity contribution < 1.29 is 23.1 Å². The summed E-state index contributed by atoms with van der Waals surface area (Å²) in [6.07, 6.45) is 0.596. The first kappa shape index (κ1) is 18.4. The predicted octanol–water partition coefficient (Wildman–Crippen LogP) is 3.30. The molecule has 3 atom stereocenters. The number of carbonyl (C=O) groups is 2. The van der Waals surface area contributed by atoms with Gasteiger partial charge in [-0.3, -0.25) is 4.79 Å². The van der Waals surface area contributed by atoms with Crippen molar-refractivity contribution >= 4 is 12.0 Å². The van der Waals surface area contributed by atoms with E-state index in [1.54, 1.807) is 4.90 Å². The number of benzene rings is 2. The maximum atomic E-state index is 13.9. The summed E-state index contributed by atoms with van der Waals surface area (Å²) in [5.74, 6) is -2.31. The molecular weight excluding hydrogens is 366 g/mol. The number of ether oxygens (including phenoxy) is 1. The Bertz CT molecular complexity index is 934. The number of hydrogen-bond acceptors (Lipinski definition) is 3. The summed E-state index contributed by atoms with van der Waals surface area (Å²) < 4.78 is 31.9. The lowest BCUT2D eigenvalue weighted by Crippen LogP contribution is -2.46. The molecule has 5 nitrogen and oxygen atoms in total. The standard InChI is InChI=1S/C21H20F2N2O3/c1-28-20(26)17-11-25(10-12-4-2-3-5-14(12)17)21(27)24-19-9-16(19)15-7-6-13(22)8-18(15)23/h2-8,16-17,19H,9-11H2,1H3,(H,24,27)/t16-,17?,19+/m0/s1. The molecule has 1 fully saturated rings. The molecule has 7 heteroatoms. The minimum atomic E-state index is -0.622. The van der Waals surface area contributed by atoms with Crippen LogP contribution in [0, 0.1) is 11.6 Å². The molecule has 2 aliphatic rings. The number of rotatable bonds is 3. The number of fused-ring (bicyclic) bond motifs is 1. The average molecular weight is 386 g/mol. The molecule has 2 amide bonds. The molecule has 1 saturated carbocycles. The zero-order valence-electron chi connectivity index (χ0n) is 15.3. The van der Waals surface area contributed by atoms with Crippen molar-refractivity contribution in [2.75, 3.05) is 13.7 Å². The number of urea groups is 1. The summed E-state index contributed by atoms with van der Waals surface area (Å²) >= 11 is 0. The van der Waals surface area contributed by atoms with Crippen LogP contribution in [0.3, 0.4) is 0 Å². The van der Waals surface area contributed by atoms with Crippen LogP contribution in [0.15, 0.2) is 42.5 Å². The summed E-state index contributed by atoms with van der Waals surface area (Å²) in [5, 5.41) is 2.90. The first-order valence-electron chi connectivity index (χ1n) is 9.14. The van der Waals surface area contributed by atoms with E-state index >= 15 is 0 Å². The Hall–Kier alpha value is -2.96. The minimum absolute atomic E-state index is 0.168. The van der Waals surface area contributed by atoms with Crippen molar-refractivity contribution in [2.24, 2.45) is 0 Å². The molecule has 2 aromatic rings. The maximum Gasteiger partial charge on any atom is 0.317 e. The molecule has 1 unspecified atom stereocenters. The number of hydrogen-bond donors (Lipinski definition) is 1. The molecule has 1 heterocycles. The van der Waals surface area contributed by atoms with Crippen molar-refractivity contribution in [3.8, 4) is 0 Å². The fourth-order valence-electron chi connectivity index (χ4n) is 3.86. The molecule has 1 N–H and O–H groups in total. The van der Waals surface area contributed by atoms with Crippen LogP contribution in [0.4, 0.5) is 13.6 Å². The van der Waals surface area contributed by atoms with Gasteiger partial charge in [-0.25, -0.2) is 13.6 Å². The lowest BCUT2D eigenvalue weighted by atomic mass is 9.90. The van der Waals surface area contributed by atoms with Crippen LogP contribution in [-0.4, -0.2) is 36.6 Å². The largest absolute Gasteiger partial charge is 0.468 e. The second kappa shape index (κ2) is 7.22. The van der Waals surface area contributed by atoms with Gasteiger partial charge in [0, 0.05) is 31.1 Å². The molecule has 1 aliphatic carbocycles. The SMILES string of the molecule is COC(=O)C1CN(C(=O)N[C@@H]2C[C@H]2c2ccc(F)cc2F)Cc2ccccc21. The normalized spacial score (nSPS) is 23.0. The van der Waals surface area contributed by atoms with Crippen molar-refractivity contribution in [3.63, 3.8) is 0 Å². The van der Waals surface area contributed by atoms with Gasteiger partial charge in [-0.05, 0) is 29.2 Å². The van der Waals surface area contributed by atoms with Crippen LogP contribution in [0.1, 0.15) is 34.9 Å². The highest BCUT2D eigenvalue weighted by atomic mass is 19.1. The van der Waals surface area contributed by atoms with Gasteiger partial charge in [0.1, 0.15) is 11.6 Å². The second-order valence-corrected chi connectivity index (χ2v) is 7.22. The van der Waals surface area contributed by atoms with Gasteiger partial charge in [0.05, 0.1) is 13.0 Å². The van der Waals surface area contributed by atoms with Gasteiger partial charge >= 0.3 is 12.0 Å². The van der Waals surface area contributed by atoms with Gasteiger partial charge in [-0.2, -0.15) is 0 Å². The van der Waals surface area contributed by atoms with E-state index in [-0.39, 0.29) is 30.5 Å². The third-order valence-corrected chi connectivity index (χ3v) is 5.43. The third kappa shape index (κ3) is 3.44. The molecule has 1 aliphatic heterocycles. The van der Waals surface area contributed by atoms with E-state index in [1.165, 1.54) is 19.2 Å². The van der Waals surface area contributed by atoms with E-state index in [2.05, 4.69) is 5.32 Å². The summed E-state index contributed by atoms with van der Waals surface area (Å²) in [4.78, 5) is 26.5. The van der Waals surface area contributed by atoms with Gasteiger partial charge < -0.3 is 15.0 Å². The van der Waals surface area contributed by atoms with Crippen molar-refractivity contribution in [2.45, 2.75) is 30.8 Å². The maximum absolute atomic E-state index is 13.9. The number of nitrogens with zero attached hydrogens (tertiary/aromatic N) is 1. The summed E-state index contributed by atoms with van der Waals surface area (Å²) in [6, 6.07) is 10.5. The molecule has 0 spiro atoms. The van der Waals surface area contributed by atoms with Gasteiger partial charge in [0.15, 0.2) is 0 Å². The Labute approximate surface area is 161 Å². The highest BCUT2D eigenvalue weighted by Gasteiger charge is 2.42. The lowest BCUT2D eigenvalue weighted by Gasteiger charge is -2.33. The second-order valence-electron chi connectivity index (χ2n) is 7.22. The zero-order valence-corrected chi connectivity index (χ0v) is 15.3. The van der Waals surface area contributed by atoms with Crippen molar-refractivity contribution in [1.29, 1.82) is 0 Å². The molecule has 4 rings (SSSR count). The summed E-state index contributed by atoms with van der Waals surface area (Å²) in [7, 11) is 1.33. The molecule has 0 radical (unpaired) electrons. The molecule has 0 saturated heterocycles. The highest BCUT2D eigenvalue weighted by Crippen LogP contribution is 2.42. The van der Waals surface area contributed by atoms with E-state index in [0.29, 0.717) is 18.5 Å². The van der Waals surface area contributed by atoms with Crippen molar-refractivity contribution in [1.82, 2.24) is 10.2 Å². The Morgan fingerprint density at radius 1 is 1.14 bits per heavy atom. The third-order valence-electron chi connectivity index (χ3n) is 5.43. The Kier molecular flexibility index (Phi) is 4.75. The van der Waals surface area contributed by atoms with Crippen LogP contribution in [0.25, 0.3) is 0 Å². The lowest BCUT2D eigenvalue weighted by molar-refractivity contribution is -0.143. The Morgan fingerprint density at radius 3 is 2.68 bits per heavy atom. The van der Waals surface area contributed by atoms with E-state index in [9.17, 15) is 18.4 Å². The monoisotopic (exact) mass is 386 g/mol. The van der Waals surface area contributed by atoms with Crippen LogP contribution in [0.5, 0.6) is 0 Å². The van der Waals surface area contributed by atoms with Gasteiger partial charge in [0.2, 0.25) is 0 Å². The molecule has 0 aromatic heterocycles. The molecule has 146 valence electrons. The van der Waals surface area contributed by atoms with E-state index < -0.39 is 17.6 Å². The smallest absolute Gasteiger partial charge is 0.317 e. The highest BCUT2D eigenvalue weighted by molar-refractivity contribution is 5.82. The van der Waals surface area contributed by atoms with Gasteiger partial charge in [-0.15, -0.1) is 0 Å². The fraction of sp³-hybridized carbons (Fsp3) is 0.333. The summed E-state index contributed by atoms with van der Waals surface area (Å²) in [6.45, 7) is 0.607. The van der Waals surface area contributed by atoms with Gasteiger partial charge in [0.25, 0.3) is 0 Å². The average Bonchev–Trinajstić information content (AvgIpc) is 3.45. The quantitative estimate of drug-likeness (QED) is 0.824. The van der Waals surface area contributed by atoms with Gasteiger partial charge in [-0.1, -0.05) is 30.3 Å².